The normalized spacial score (nSPS) is 12.2. The predicted octanol–water partition coefficient (Wildman–Crippen LogP) is 3.78. The number of benzene rings is 1. The van der Waals surface area contributed by atoms with E-state index in [1.54, 1.807) is 11.3 Å². The van der Waals surface area contributed by atoms with Gasteiger partial charge in [0.1, 0.15) is 0 Å². The molecule has 0 unspecified atom stereocenters. The summed E-state index contributed by atoms with van der Waals surface area (Å²) in [5.74, 6) is 0. The van der Waals surface area contributed by atoms with Crippen molar-refractivity contribution in [3.8, 4) is 0 Å². The molecule has 1 aromatic heterocycles. The molecule has 2 heteroatoms. The molecule has 0 fully saturated rings. The average molecular weight is 205 g/mol. The molecule has 0 bridgehead atoms. The number of hydrogen-bond acceptors (Lipinski definition) is 2. The van der Waals surface area contributed by atoms with Crippen LogP contribution in [0.1, 0.15) is 26.3 Å². The van der Waals surface area contributed by atoms with Crippen LogP contribution in [-0.4, -0.2) is 0 Å². The lowest BCUT2D eigenvalue weighted by molar-refractivity contribution is 0.596. The van der Waals surface area contributed by atoms with Crippen molar-refractivity contribution in [1.82, 2.24) is 0 Å². The molecular formula is C12H15NS. The Morgan fingerprint density at radius 3 is 2.57 bits per heavy atom. The number of anilines is 1. The maximum atomic E-state index is 5.82. The van der Waals surface area contributed by atoms with Gasteiger partial charge < -0.3 is 5.73 Å². The zero-order valence-corrected chi connectivity index (χ0v) is 9.61. The van der Waals surface area contributed by atoms with E-state index in [9.17, 15) is 0 Å². The monoisotopic (exact) mass is 205 g/mol. The second kappa shape index (κ2) is 2.99. The topological polar surface area (TPSA) is 26.0 Å². The minimum Gasteiger partial charge on any atom is -0.391 e. The van der Waals surface area contributed by atoms with Gasteiger partial charge in [0.2, 0.25) is 0 Å². The Kier molecular flexibility index (Phi) is 2.04. The van der Waals surface area contributed by atoms with Crippen molar-refractivity contribution in [2.45, 2.75) is 26.2 Å². The average Bonchev–Trinajstić information content (AvgIpc) is 2.41. The molecule has 0 atom stereocenters. The van der Waals surface area contributed by atoms with Gasteiger partial charge >= 0.3 is 0 Å². The summed E-state index contributed by atoms with van der Waals surface area (Å²) in [7, 11) is 0. The van der Waals surface area contributed by atoms with Gasteiger partial charge in [0.15, 0.2) is 0 Å². The number of nitrogen functional groups attached to an aromatic ring is 1. The molecule has 0 saturated carbocycles. The third kappa shape index (κ3) is 1.50. The minimum absolute atomic E-state index is 0.188. The Bertz CT molecular complexity index is 463. The number of fused-ring (bicyclic) bond motifs is 1. The van der Waals surface area contributed by atoms with Crippen molar-refractivity contribution in [1.29, 1.82) is 0 Å². The highest BCUT2D eigenvalue weighted by atomic mass is 32.1. The van der Waals surface area contributed by atoms with Crippen molar-refractivity contribution in [3.05, 3.63) is 29.8 Å². The van der Waals surface area contributed by atoms with Crippen LogP contribution in [0, 0.1) is 0 Å². The summed E-state index contributed by atoms with van der Waals surface area (Å²) in [5.41, 5.74) is 7.39. The molecular weight excluding hydrogens is 190 g/mol. The van der Waals surface area contributed by atoms with Gasteiger partial charge in [0.25, 0.3) is 0 Å². The van der Waals surface area contributed by atoms with Crippen molar-refractivity contribution in [2.24, 2.45) is 0 Å². The summed E-state index contributed by atoms with van der Waals surface area (Å²) < 4.78 is 1.29. The molecule has 0 aliphatic rings. The van der Waals surface area contributed by atoms with Crippen LogP contribution >= 0.6 is 11.3 Å². The van der Waals surface area contributed by atoms with Gasteiger partial charge in [0.05, 0.1) is 5.00 Å². The highest BCUT2D eigenvalue weighted by Crippen LogP contribution is 2.35. The van der Waals surface area contributed by atoms with Gasteiger partial charge in [-0.1, -0.05) is 32.9 Å². The second-order valence-electron chi connectivity index (χ2n) is 4.62. The van der Waals surface area contributed by atoms with E-state index in [1.165, 1.54) is 15.6 Å². The first-order chi connectivity index (χ1) is 6.48. The van der Waals surface area contributed by atoms with E-state index in [0.29, 0.717) is 0 Å². The summed E-state index contributed by atoms with van der Waals surface area (Å²) in [6, 6.07) is 8.51. The molecule has 0 saturated heterocycles. The number of rotatable bonds is 0. The Labute approximate surface area is 88.6 Å². The van der Waals surface area contributed by atoms with Gasteiger partial charge in [-0.15, -0.1) is 11.3 Å². The Hall–Kier alpha value is -1.02. The standard InChI is InChI=1S/C12H15NS/c1-12(2,3)9-5-4-6-10-8(9)7-11(13)14-10/h4-7H,13H2,1-3H3. The Balaban J connectivity index is 2.77. The van der Waals surface area contributed by atoms with Gasteiger partial charge in [0, 0.05) is 4.70 Å². The molecule has 2 aromatic rings. The largest absolute Gasteiger partial charge is 0.391 e. The van der Waals surface area contributed by atoms with E-state index < -0.39 is 0 Å². The molecule has 1 aromatic carbocycles. The third-order valence-corrected chi connectivity index (χ3v) is 3.32. The zero-order chi connectivity index (χ0) is 10.3. The molecule has 2 N–H and O–H groups in total. The second-order valence-corrected chi connectivity index (χ2v) is 5.73. The fourth-order valence-electron chi connectivity index (χ4n) is 1.73. The Morgan fingerprint density at radius 2 is 1.93 bits per heavy atom. The maximum Gasteiger partial charge on any atom is 0.0868 e. The fraction of sp³-hybridized carbons (Fsp3) is 0.333. The van der Waals surface area contributed by atoms with E-state index >= 15 is 0 Å². The number of nitrogens with two attached hydrogens (primary N) is 1. The SMILES string of the molecule is CC(C)(C)c1cccc2sc(N)cc12. The van der Waals surface area contributed by atoms with Gasteiger partial charge in [-0.05, 0) is 28.5 Å². The quantitative estimate of drug-likeness (QED) is 0.696. The first-order valence-corrected chi connectivity index (χ1v) is 5.58. The summed E-state index contributed by atoms with van der Waals surface area (Å²) in [5, 5.41) is 2.21. The molecule has 2 rings (SSSR count). The van der Waals surface area contributed by atoms with Crippen LogP contribution < -0.4 is 5.73 Å². The molecule has 1 heterocycles. The summed E-state index contributed by atoms with van der Waals surface area (Å²) in [4.78, 5) is 0. The predicted molar refractivity (Wildman–Crippen MR) is 64.9 cm³/mol. The highest BCUT2D eigenvalue weighted by Gasteiger charge is 2.17. The summed E-state index contributed by atoms with van der Waals surface area (Å²) in [6.07, 6.45) is 0. The molecule has 0 spiro atoms. The highest BCUT2D eigenvalue weighted by molar-refractivity contribution is 7.22. The van der Waals surface area contributed by atoms with Crippen LogP contribution in [-0.2, 0) is 5.41 Å². The van der Waals surface area contributed by atoms with E-state index in [4.69, 9.17) is 5.73 Å². The lowest BCUT2D eigenvalue weighted by Gasteiger charge is -2.19. The van der Waals surface area contributed by atoms with E-state index in [0.717, 1.165) is 5.00 Å². The lowest BCUT2D eigenvalue weighted by atomic mass is 9.85. The molecule has 0 amide bonds. The number of hydrogen-bond donors (Lipinski definition) is 1. The lowest BCUT2D eigenvalue weighted by Crippen LogP contribution is -2.10. The fourth-order valence-corrected chi connectivity index (χ4v) is 2.59. The van der Waals surface area contributed by atoms with Crippen molar-refractivity contribution in [3.63, 3.8) is 0 Å². The van der Waals surface area contributed by atoms with Crippen LogP contribution in [0.4, 0.5) is 5.00 Å². The maximum absolute atomic E-state index is 5.82. The van der Waals surface area contributed by atoms with Crippen molar-refractivity contribution < 1.29 is 0 Å². The van der Waals surface area contributed by atoms with E-state index in [2.05, 4.69) is 45.0 Å². The van der Waals surface area contributed by atoms with Gasteiger partial charge in [-0.2, -0.15) is 0 Å². The minimum atomic E-state index is 0.188. The molecule has 1 nitrogen and oxygen atoms in total. The van der Waals surface area contributed by atoms with Crippen LogP contribution in [0.5, 0.6) is 0 Å². The number of thiophene rings is 1. The van der Waals surface area contributed by atoms with Crippen LogP contribution in [0.25, 0.3) is 10.1 Å². The van der Waals surface area contributed by atoms with Crippen molar-refractivity contribution >= 4 is 26.4 Å². The van der Waals surface area contributed by atoms with Crippen molar-refractivity contribution in [2.75, 3.05) is 5.73 Å². The molecule has 74 valence electrons. The summed E-state index contributed by atoms with van der Waals surface area (Å²) >= 11 is 1.66. The van der Waals surface area contributed by atoms with E-state index in [1.807, 2.05) is 0 Å². The molecule has 0 aliphatic carbocycles. The van der Waals surface area contributed by atoms with Crippen LogP contribution in [0.15, 0.2) is 24.3 Å². The first kappa shape index (κ1) is 9.53. The van der Waals surface area contributed by atoms with Gasteiger partial charge in [-0.3, -0.25) is 0 Å². The Morgan fingerprint density at radius 1 is 1.21 bits per heavy atom. The molecule has 0 aliphatic heterocycles. The van der Waals surface area contributed by atoms with E-state index in [-0.39, 0.29) is 5.41 Å². The van der Waals surface area contributed by atoms with Crippen LogP contribution in [0.2, 0.25) is 0 Å². The summed E-state index contributed by atoms with van der Waals surface area (Å²) in [6.45, 7) is 6.70. The smallest absolute Gasteiger partial charge is 0.0868 e. The molecule has 14 heavy (non-hydrogen) atoms. The molecule has 0 radical (unpaired) electrons. The van der Waals surface area contributed by atoms with Crippen LogP contribution in [0.3, 0.4) is 0 Å². The first-order valence-electron chi connectivity index (χ1n) is 4.77. The third-order valence-electron chi connectivity index (χ3n) is 2.39. The zero-order valence-electron chi connectivity index (χ0n) is 8.79. The van der Waals surface area contributed by atoms with Gasteiger partial charge in [-0.25, -0.2) is 0 Å².